The van der Waals surface area contributed by atoms with Gasteiger partial charge >= 0.3 is 5.97 Å². The minimum Gasteiger partial charge on any atom is -0.448 e. The van der Waals surface area contributed by atoms with Gasteiger partial charge in [-0.05, 0) is 13.8 Å². The fourth-order valence-corrected chi connectivity index (χ4v) is 0.882. The molecule has 0 unspecified atom stereocenters. The molecular weight excluding hydrogens is 216 g/mol. The molecule has 0 heterocycles. The van der Waals surface area contributed by atoms with E-state index in [0.29, 0.717) is 0 Å². The predicted octanol–water partition coefficient (Wildman–Crippen LogP) is -1.22. The number of carbonyl (C=O) groups excluding carboxylic acids is 2. The first-order valence-corrected chi connectivity index (χ1v) is 4.67. The van der Waals surface area contributed by atoms with E-state index in [4.69, 9.17) is 5.11 Å². The molecule has 0 bridgehead atoms. The molecule has 0 saturated carbocycles. The van der Waals surface area contributed by atoms with Gasteiger partial charge in [-0.3, -0.25) is 4.79 Å². The molecule has 0 fully saturated rings. The summed E-state index contributed by atoms with van der Waals surface area (Å²) in [7, 11) is 0. The summed E-state index contributed by atoms with van der Waals surface area (Å²) in [6, 6.07) is 0. The summed E-state index contributed by atoms with van der Waals surface area (Å²) in [5.41, 5.74) is 0.0607. The van der Waals surface area contributed by atoms with Gasteiger partial charge in [-0.2, -0.15) is 0 Å². The van der Waals surface area contributed by atoms with Gasteiger partial charge in [-0.25, -0.2) is 4.79 Å². The maximum absolute atomic E-state index is 11.1. The molecule has 0 aromatic carbocycles. The van der Waals surface area contributed by atoms with E-state index in [0.717, 1.165) is 0 Å². The average Bonchev–Trinajstić information content (AvgIpc) is 2.22. The van der Waals surface area contributed by atoms with Crippen molar-refractivity contribution in [2.24, 2.45) is 0 Å². The van der Waals surface area contributed by atoms with Crippen LogP contribution < -0.4 is 0 Å². The van der Waals surface area contributed by atoms with Gasteiger partial charge in [0, 0.05) is 5.57 Å². The van der Waals surface area contributed by atoms with E-state index < -0.39 is 30.4 Å². The largest absolute Gasteiger partial charge is 0.448 e. The second-order valence-electron chi connectivity index (χ2n) is 3.51. The van der Waals surface area contributed by atoms with Gasteiger partial charge in [0.05, 0.1) is 6.10 Å². The Morgan fingerprint density at radius 1 is 1.31 bits per heavy atom. The predicted molar refractivity (Wildman–Crippen MR) is 54.5 cm³/mol. The van der Waals surface area contributed by atoms with E-state index in [1.54, 1.807) is 0 Å². The second-order valence-corrected chi connectivity index (χ2v) is 3.51. The molecule has 16 heavy (non-hydrogen) atoms. The van der Waals surface area contributed by atoms with E-state index in [1.807, 2.05) is 0 Å². The van der Waals surface area contributed by atoms with Crippen LogP contribution in [-0.2, 0) is 14.3 Å². The van der Waals surface area contributed by atoms with Gasteiger partial charge in [0.2, 0.25) is 0 Å². The highest BCUT2D eigenvalue weighted by Crippen LogP contribution is 2.08. The minimum absolute atomic E-state index is 0.0607. The Morgan fingerprint density at radius 2 is 1.81 bits per heavy atom. The van der Waals surface area contributed by atoms with E-state index >= 15 is 0 Å². The maximum Gasteiger partial charge on any atom is 0.333 e. The van der Waals surface area contributed by atoms with Gasteiger partial charge in [-0.1, -0.05) is 6.58 Å². The fraction of sp³-hybridized carbons (Fsp3) is 0.600. The van der Waals surface area contributed by atoms with Crippen LogP contribution >= 0.6 is 0 Å². The van der Waals surface area contributed by atoms with Crippen molar-refractivity contribution in [3.8, 4) is 0 Å². The fourth-order valence-electron chi connectivity index (χ4n) is 0.882. The third-order valence-corrected chi connectivity index (χ3v) is 1.91. The van der Waals surface area contributed by atoms with Crippen LogP contribution in [0.2, 0.25) is 0 Å². The Labute approximate surface area is 93.2 Å². The van der Waals surface area contributed by atoms with Crippen LogP contribution in [-0.4, -0.2) is 52.0 Å². The average molecular weight is 232 g/mol. The molecule has 0 aliphatic heterocycles. The van der Waals surface area contributed by atoms with Crippen molar-refractivity contribution in [3.05, 3.63) is 12.2 Å². The Balaban J connectivity index is 4.55. The van der Waals surface area contributed by atoms with E-state index in [9.17, 15) is 19.8 Å². The lowest BCUT2D eigenvalue weighted by molar-refractivity contribution is -0.162. The number of aliphatic hydroxyl groups excluding tert-OH is 3. The lowest BCUT2D eigenvalue weighted by Crippen LogP contribution is -2.46. The van der Waals surface area contributed by atoms with Gasteiger partial charge < -0.3 is 20.1 Å². The molecule has 4 atom stereocenters. The molecule has 6 nitrogen and oxygen atoms in total. The monoisotopic (exact) mass is 232 g/mol. The molecule has 6 heteroatoms. The molecule has 3 N–H and O–H groups in total. The van der Waals surface area contributed by atoms with Gasteiger partial charge in [0.25, 0.3) is 0 Å². The molecule has 0 aromatic rings. The second kappa shape index (κ2) is 6.37. The van der Waals surface area contributed by atoms with Crippen molar-refractivity contribution in [1.29, 1.82) is 0 Å². The number of aliphatic hydroxyl groups is 3. The number of aldehydes is 1. The van der Waals surface area contributed by atoms with Crippen LogP contribution in [0.15, 0.2) is 12.2 Å². The summed E-state index contributed by atoms with van der Waals surface area (Å²) < 4.78 is 4.57. The Bertz CT molecular complexity index is 272. The SMILES string of the molecule is C=C(C)C(=O)O[C@H](C=O)[C@H](O)[C@H](O)[C@H](C)O. The molecule has 0 radical (unpaired) electrons. The molecule has 0 rings (SSSR count). The third kappa shape index (κ3) is 4.09. The highest BCUT2D eigenvalue weighted by molar-refractivity contribution is 5.88. The number of esters is 1. The molecule has 0 aliphatic carbocycles. The molecule has 0 aliphatic rings. The third-order valence-electron chi connectivity index (χ3n) is 1.91. The highest BCUT2D eigenvalue weighted by atomic mass is 16.6. The van der Waals surface area contributed by atoms with Gasteiger partial charge in [0.1, 0.15) is 12.2 Å². The van der Waals surface area contributed by atoms with Crippen molar-refractivity contribution in [1.82, 2.24) is 0 Å². The molecule has 0 saturated heterocycles. The number of hydrogen-bond donors (Lipinski definition) is 3. The summed E-state index contributed by atoms with van der Waals surface area (Å²) >= 11 is 0. The molecule has 0 amide bonds. The Hall–Kier alpha value is -1.24. The zero-order valence-corrected chi connectivity index (χ0v) is 9.16. The van der Waals surface area contributed by atoms with Crippen molar-refractivity contribution >= 4 is 12.3 Å². The number of hydrogen-bond acceptors (Lipinski definition) is 6. The summed E-state index contributed by atoms with van der Waals surface area (Å²) in [5.74, 6) is -0.853. The summed E-state index contributed by atoms with van der Waals surface area (Å²) in [6.45, 7) is 5.91. The first-order chi connectivity index (χ1) is 7.31. The lowest BCUT2D eigenvalue weighted by Gasteiger charge is -2.24. The maximum atomic E-state index is 11.1. The molecule has 0 spiro atoms. The van der Waals surface area contributed by atoms with Crippen molar-refractivity contribution < 1.29 is 29.6 Å². The van der Waals surface area contributed by atoms with Crippen LogP contribution in [0.4, 0.5) is 0 Å². The molecular formula is C10H16O6. The van der Waals surface area contributed by atoms with Crippen molar-refractivity contribution in [2.75, 3.05) is 0 Å². The summed E-state index contributed by atoms with van der Waals surface area (Å²) in [4.78, 5) is 21.6. The van der Waals surface area contributed by atoms with Crippen molar-refractivity contribution in [2.45, 2.75) is 38.3 Å². The normalized spacial score (nSPS) is 18.1. The quantitative estimate of drug-likeness (QED) is 0.301. The first-order valence-electron chi connectivity index (χ1n) is 4.67. The van der Waals surface area contributed by atoms with E-state index in [-0.39, 0.29) is 11.9 Å². The number of rotatable bonds is 6. The van der Waals surface area contributed by atoms with Crippen LogP contribution in [0.25, 0.3) is 0 Å². The zero-order chi connectivity index (χ0) is 12.9. The minimum atomic E-state index is -1.68. The van der Waals surface area contributed by atoms with Crippen LogP contribution in [0.3, 0.4) is 0 Å². The standard InChI is InChI=1S/C10H16O6/c1-5(2)10(15)16-7(4-11)9(14)8(13)6(3)12/h4,6-9,12-14H,1H2,2-3H3/t6-,7+,8+,9-/m0/s1. The lowest BCUT2D eigenvalue weighted by atomic mass is 10.0. The zero-order valence-electron chi connectivity index (χ0n) is 9.16. The Kier molecular flexibility index (Phi) is 5.87. The summed E-state index contributed by atoms with van der Waals surface area (Å²) in [6.07, 6.45) is -5.86. The van der Waals surface area contributed by atoms with Gasteiger partial charge in [-0.15, -0.1) is 0 Å². The molecule has 92 valence electrons. The smallest absolute Gasteiger partial charge is 0.333 e. The number of ether oxygens (including phenoxy) is 1. The van der Waals surface area contributed by atoms with Crippen molar-refractivity contribution in [3.63, 3.8) is 0 Å². The number of carbonyl (C=O) groups is 2. The highest BCUT2D eigenvalue weighted by Gasteiger charge is 2.31. The topological polar surface area (TPSA) is 104 Å². The molecule has 0 aromatic heterocycles. The first kappa shape index (κ1) is 14.8. The van der Waals surface area contributed by atoms with Crippen LogP contribution in [0.1, 0.15) is 13.8 Å². The summed E-state index contributed by atoms with van der Waals surface area (Å²) in [5, 5.41) is 27.7. The van der Waals surface area contributed by atoms with Gasteiger partial charge in [0.15, 0.2) is 12.4 Å². The van der Waals surface area contributed by atoms with E-state index in [1.165, 1.54) is 13.8 Å². The van der Waals surface area contributed by atoms with E-state index in [2.05, 4.69) is 11.3 Å². The Morgan fingerprint density at radius 3 is 2.12 bits per heavy atom. The van der Waals surface area contributed by atoms with Crippen LogP contribution in [0.5, 0.6) is 0 Å². The van der Waals surface area contributed by atoms with Crippen LogP contribution in [0, 0.1) is 0 Å².